The van der Waals surface area contributed by atoms with Crippen molar-refractivity contribution in [1.82, 2.24) is 0 Å². The first-order chi connectivity index (χ1) is 20.4. The zero-order chi connectivity index (χ0) is 30.1. The van der Waals surface area contributed by atoms with Gasteiger partial charge in [0.05, 0.1) is 42.7 Å². The van der Waals surface area contributed by atoms with Crippen LogP contribution in [0.2, 0.25) is 0 Å². The molecule has 0 N–H and O–H groups in total. The molecule has 0 atom stereocenters. The lowest BCUT2D eigenvalue weighted by Crippen LogP contribution is -2.51. The van der Waals surface area contributed by atoms with Gasteiger partial charge in [0.15, 0.2) is 34.5 Å². The van der Waals surface area contributed by atoms with E-state index in [1.54, 1.807) is 42.7 Å². The standard InChI is InChI=1S/C36H46O6/c1-9-11-13-15-35-23-17-29(37-3)32(40-6)20-26(23)36(16-14-12-10-2,27-21-33(41-7)30(38-4)18-24(27)35)28-22-34(42-8)31(39-5)19-25(28)35/h17-22H,9-16H2,1-8H3. The van der Waals surface area contributed by atoms with Crippen LogP contribution < -0.4 is 28.4 Å². The van der Waals surface area contributed by atoms with Crippen molar-refractivity contribution in [2.45, 2.75) is 76.0 Å². The third-order valence-corrected chi connectivity index (χ3v) is 9.64. The number of hydrogen-bond donors (Lipinski definition) is 0. The first kappa shape index (κ1) is 29.9. The fraction of sp³-hybridized carbons (Fsp3) is 0.500. The Balaban J connectivity index is 2.00. The van der Waals surface area contributed by atoms with E-state index in [4.69, 9.17) is 28.4 Å². The molecule has 0 aliphatic heterocycles. The van der Waals surface area contributed by atoms with Crippen molar-refractivity contribution in [2.24, 2.45) is 0 Å². The molecule has 0 spiro atoms. The summed E-state index contributed by atoms with van der Waals surface area (Å²) in [6.45, 7) is 4.51. The summed E-state index contributed by atoms with van der Waals surface area (Å²) in [5, 5.41) is 0. The lowest BCUT2D eigenvalue weighted by atomic mass is 9.45. The van der Waals surface area contributed by atoms with Gasteiger partial charge < -0.3 is 28.4 Å². The van der Waals surface area contributed by atoms with Crippen LogP contribution in [0.5, 0.6) is 34.5 Å². The molecule has 226 valence electrons. The highest BCUT2D eigenvalue weighted by atomic mass is 16.5. The van der Waals surface area contributed by atoms with Gasteiger partial charge in [0.25, 0.3) is 0 Å². The fourth-order valence-electron chi connectivity index (χ4n) is 7.71. The van der Waals surface area contributed by atoms with Crippen LogP contribution in [-0.4, -0.2) is 42.7 Å². The van der Waals surface area contributed by atoms with E-state index in [2.05, 4.69) is 50.2 Å². The largest absolute Gasteiger partial charge is 0.493 e. The minimum absolute atomic E-state index is 0.458. The van der Waals surface area contributed by atoms with Crippen molar-refractivity contribution in [2.75, 3.05) is 42.7 Å². The quantitative estimate of drug-likeness (QED) is 0.181. The Morgan fingerprint density at radius 2 is 0.595 bits per heavy atom. The van der Waals surface area contributed by atoms with Crippen molar-refractivity contribution < 1.29 is 28.4 Å². The number of unbranched alkanes of at least 4 members (excludes halogenated alkanes) is 4. The molecule has 3 aliphatic carbocycles. The molecule has 0 unspecified atom stereocenters. The molecular formula is C36H46O6. The Hall–Kier alpha value is -3.54. The highest BCUT2D eigenvalue weighted by molar-refractivity contribution is 5.79. The van der Waals surface area contributed by atoms with E-state index in [9.17, 15) is 0 Å². The maximum atomic E-state index is 5.94. The second kappa shape index (κ2) is 12.0. The summed E-state index contributed by atoms with van der Waals surface area (Å²) in [6.07, 6.45) is 8.53. The Bertz CT molecular complexity index is 1180. The normalized spacial score (nSPS) is 19.4. The summed E-state index contributed by atoms with van der Waals surface area (Å²) in [7, 11) is 10.3. The second-order valence-corrected chi connectivity index (χ2v) is 11.5. The highest BCUT2D eigenvalue weighted by Gasteiger charge is 2.59. The van der Waals surface area contributed by atoms with E-state index >= 15 is 0 Å². The van der Waals surface area contributed by atoms with Crippen LogP contribution in [0, 0.1) is 0 Å². The number of ether oxygens (including phenoxy) is 6. The van der Waals surface area contributed by atoms with Crippen molar-refractivity contribution >= 4 is 0 Å². The van der Waals surface area contributed by atoms with E-state index in [0.717, 1.165) is 85.9 Å². The Morgan fingerprint density at radius 1 is 0.381 bits per heavy atom. The van der Waals surface area contributed by atoms with Crippen molar-refractivity contribution in [3.8, 4) is 34.5 Å². The number of methoxy groups -OCH3 is 6. The molecule has 0 radical (unpaired) electrons. The van der Waals surface area contributed by atoms with Gasteiger partial charge in [-0.15, -0.1) is 0 Å². The maximum absolute atomic E-state index is 5.94. The third-order valence-electron chi connectivity index (χ3n) is 9.64. The van der Waals surface area contributed by atoms with Gasteiger partial charge in [0, 0.05) is 10.8 Å². The van der Waals surface area contributed by atoms with E-state index in [0.29, 0.717) is 0 Å². The lowest BCUT2D eigenvalue weighted by Gasteiger charge is -2.57. The second-order valence-electron chi connectivity index (χ2n) is 11.5. The van der Waals surface area contributed by atoms with Gasteiger partial charge in [0.1, 0.15) is 0 Å². The van der Waals surface area contributed by atoms with Crippen LogP contribution >= 0.6 is 0 Å². The van der Waals surface area contributed by atoms with E-state index in [-0.39, 0.29) is 0 Å². The summed E-state index contributed by atoms with van der Waals surface area (Å²) >= 11 is 0. The average Bonchev–Trinajstić information content (AvgIpc) is 3.03. The van der Waals surface area contributed by atoms with Crippen molar-refractivity contribution in [3.05, 3.63) is 69.8 Å². The molecular weight excluding hydrogens is 528 g/mol. The van der Waals surface area contributed by atoms with E-state index < -0.39 is 10.8 Å². The van der Waals surface area contributed by atoms with Crippen molar-refractivity contribution in [3.63, 3.8) is 0 Å². The first-order valence-electron chi connectivity index (χ1n) is 15.3. The molecule has 42 heavy (non-hydrogen) atoms. The molecule has 6 rings (SSSR count). The molecule has 0 amide bonds. The lowest BCUT2D eigenvalue weighted by molar-refractivity contribution is 0.333. The Morgan fingerprint density at radius 3 is 0.762 bits per heavy atom. The van der Waals surface area contributed by atoms with Crippen LogP contribution in [-0.2, 0) is 10.8 Å². The predicted octanol–water partition coefficient (Wildman–Crippen LogP) is 8.19. The Labute approximate surface area is 251 Å². The van der Waals surface area contributed by atoms with Crippen LogP contribution in [0.4, 0.5) is 0 Å². The van der Waals surface area contributed by atoms with Crippen LogP contribution in [0.25, 0.3) is 0 Å². The topological polar surface area (TPSA) is 55.4 Å². The van der Waals surface area contributed by atoms with Gasteiger partial charge >= 0.3 is 0 Å². The number of hydrogen-bond acceptors (Lipinski definition) is 6. The molecule has 6 heteroatoms. The van der Waals surface area contributed by atoms with Gasteiger partial charge in [-0.2, -0.15) is 0 Å². The molecule has 0 aromatic heterocycles. The summed E-state index contributed by atoms with van der Waals surface area (Å²) in [6, 6.07) is 13.4. The summed E-state index contributed by atoms with van der Waals surface area (Å²) in [5.74, 6) is 4.45. The molecule has 0 fully saturated rings. The van der Waals surface area contributed by atoms with Gasteiger partial charge in [-0.3, -0.25) is 0 Å². The third kappa shape index (κ3) is 4.20. The predicted molar refractivity (Wildman–Crippen MR) is 167 cm³/mol. The minimum atomic E-state index is -0.458. The molecule has 2 bridgehead atoms. The molecule has 3 aromatic carbocycles. The molecule has 3 aromatic rings. The maximum Gasteiger partial charge on any atom is 0.161 e. The molecule has 6 nitrogen and oxygen atoms in total. The molecule has 0 saturated heterocycles. The van der Waals surface area contributed by atoms with Crippen LogP contribution in [0.3, 0.4) is 0 Å². The minimum Gasteiger partial charge on any atom is -0.493 e. The van der Waals surface area contributed by atoms with Crippen LogP contribution in [0.15, 0.2) is 36.4 Å². The number of benzene rings is 3. The SMILES string of the molecule is CCCCCC12c3cc(OC)c(OC)cc3C(CCCCC)(c3cc(OC)c(OC)cc31)c1cc(OC)c(OC)cc12. The zero-order valence-corrected chi connectivity index (χ0v) is 26.6. The number of rotatable bonds is 14. The zero-order valence-electron chi connectivity index (χ0n) is 26.6. The summed E-state index contributed by atoms with van der Waals surface area (Å²) in [4.78, 5) is 0. The fourth-order valence-corrected chi connectivity index (χ4v) is 7.71. The monoisotopic (exact) mass is 574 g/mol. The van der Waals surface area contributed by atoms with Crippen LogP contribution in [0.1, 0.15) is 98.6 Å². The smallest absolute Gasteiger partial charge is 0.161 e. The molecule has 0 saturated carbocycles. The van der Waals surface area contributed by atoms with Gasteiger partial charge in [0.2, 0.25) is 0 Å². The highest BCUT2D eigenvalue weighted by Crippen LogP contribution is 2.68. The van der Waals surface area contributed by atoms with Gasteiger partial charge in [-0.05, 0) is 82.6 Å². The Kier molecular flexibility index (Phi) is 8.54. The average molecular weight is 575 g/mol. The van der Waals surface area contributed by atoms with Gasteiger partial charge in [-0.25, -0.2) is 0 Å². The summed E-state index contributed by atoms with van der Waals surface area (Å²) in [5.41, 5.74) is 6.71. The van der Waals surface area contributed by atoms with Crippen molar-refractivity contribution in [1.29, 1.82) is 0 Å². The van der Waals surface area contributed by atoms with E-state index in [1.165, 1.54) is 33.4 Å². The summed E-state index contributed by atoms with van der Waals surface area (Å²) < 4.78 is 35.6. The van der Waals surface area contributed by atoms with E-state index in [1.807, 2.05) is 0 Å². The van der Waals surface area contributed by atoms with Gasteiger partial charge in [-0.1, -0.05) is 52.4 Å². The molecule has 0 heterocycles. The first-order valence-corrected chi connectivity index (χ1v) is 15.3. The molecule has 3 aliphatic rings.